The van der Waals surface area contributed by atoms with Crippen molar-refractivity contribution in [2.45, 2.75) is 13.8 Å². The van der Waals surface area contributed by atoms with Crippen LogP contribution in [0.15, 0.2) is 30.3 Å². The van der Waals surface area contributed by atoms with E-state index < -0.39 is 5.97 Å². The molecule has 0 atom stereocenters. The number of carbonyl (C=O) groups is 1. The lowest BCUT2D eigenvalue weighted by Crippen LogP contribution is -1.98. The second kappa shape index (κ2) is 5.86. The van der Waals surface area contributed by atoms with Crippen LogP contribution in [0, 0.1) is 25.2 Å². The summed E-state index contributed by atoms with van der Waals surface area (Å²) in [4.78, 5) is 10.9. The summed E-state index contributed by atoms with van der Waals surface area (Å²) in [5.41, 5.74) is 2.24. The monoisotopic (exact) mass is 301 g/mol. The van der Waals surface area contributed by atoms with Crippen molar-refractivity contribution >= 4 is 17.6 Å². The third kappa shape index (κ3) is 3.15. The molecule has 0 heterocycles. The van der Waals surface area contributed by atoms with Crippen LogP contribution in [0.2, 0.25) is 5.02 Å². The molecule has 2 aromatic carbocycles. The van der Waals surface area contributed by atoms with Crippen LogP contribution in [0.3, 0.4) is 0 Å². The summed E-state index contributed by atoms with van der Waals surface area (Å²) in [6.45, 7) is 3.69. The molecule has 0 saturated carbocycles. The number of carboxylic acid groups (broad SMARTS) is 1. The largest absolute Gasteiger partial charge is 0.478 e. The molecule has 2 rings (SSSR count). The standard InChI is InChI=1S/C16H12ClNO3/c1-9-5-11(8-18)6-10(2)15(9)21-12-3-4-13(16(19)20)14(17)7-12/h3-7H,1-2H3,(H,19,20). The highest BCUT2D eigenvalue weighted by Gasteiger charge is 2.12. The van der Waals surface area contributed by atoms with E-state index in [1.807, 2.05) is 13.8 Å². The van der Waals surface area contributed by atoms with Gasteiger partial charge in [0.25, 0.3) is 0 Å². The molecule has 0 aromatic heterocycles. The summed E-state index contributed by atoms with van der Waals surface area (Å²) in [6.07, 6.45) is 0. The molecule has 106 valence electrons. The number of rotatable bonds is 3. The normalized spacial score (nSPS) is 10.0. The van der Waals surface area contributed by atoms with Crippen molar-refractivity contribution in [2.75, 3.05) is 0 Å². The summed E-state index contributed by atoms with van der Waals surface area (Å²) >= 11 is 5.91. The van der Waals surface area contributed by atoms with Gasteiger partial charge < -0.3 is 9.84 Å². The summed E-state index contributed by atoms with van der Waals surface area (Å²) in [5.74, 6) is -0.00802. The van der Waals surface area contributed by atoms with Crippen molar-refractivity contribution in [3.8, 4) is 17.6 Å². The number of carboxylic acids is 1. The van der Waals surface area contributed by atoms with Crippen LogP contribution in [-0.2, 0) is 0 Å². The zero-order valence-corrected chi connectivity index (χ0v) is 12.2. The molecule has 2 aromatic rings. The summed E-state index contributed by atoms with van der Waals surface area (Å²) in [5, 5.41) is 18.0. The fourth-order valence-corrected chi connectivity index (χ4v) is 2.28. The minimum Gasteiger partial charge on any atom is -0.478 e. The summed E-state index contributed by atoms with van der Waals surface area (Å²) in [6, 6.07) is 9.96. The SMILES string of the molecule is Cc1cc(C#N)cc(C)c1Oc1ccc(C(=O)O)c(Cl)c1. The van der Waals surface area contributed by atoms with E-state index in [9.17, 15) is 4.79 Å². The number of hydrogen-bond donors (Lipinski definition) is 1. The Morgan fingerprint density at radius 1 is 1.24 bits per heavy atom. The number of aromatic carboxylic acids is 1. The molecule has 0 amide bonds. The molecule has 0 aliphatic heterocycles. The van der Waals surface area contributed by atoms with Gasteiger partial charge in [0, 0.05) is 6.07 Å². The average Bonchev–Trinajstić information content (AvgIpc) is 2.42. The Morgan fingerprint density at radius 3 is 2.33 bits per heavy atom. The molecule has 0 spiro atoms. The van der Waals surface area contributed by atoms with E-state index in [4.69, 9.17) is 26.7 Å². The summed E-state index contributed by atoms with van der Waals surface area (Å²) in [7, 11) is 0. The van der Waals surface area contributed by atoms with Gasteiger partial charge in [0.05, 0.1) is 22.2 Å². The van der Waals surface area contributed by atoms with Gasteiger partial charge in [0.15, 0.2) is 0 Å². The van der Waals surface area contributed by atoms with E-state index in [-0.39, 0.29) is 10.6 Å². The lowest BCUT2D eigenvalue weighted by molar-refractivity contribution is 0.0697. The number of ether oxygens (including phenoxy) is 1. The molecule has 1 N–H and O–H groups in total. The predicted octanol–water partition coefficient (Wildman–Crippen LogP) is 4.32. The Kier molecular flexibility index (Phi) is 4.15. The third-order valence-corrected chi connectivity index (χ3v) is 3.29. The first-order valence-corrected chi connectivity index (χ1v) is 6.52. The second-order valence-electron chi connectivity index (χ2n) is 4.60. The van der Waals surface area contributed by atoms with Gasteiger partial charge in [0.2, 0.25) is 0 Å². The molecule has 0 aliphatic rings. The minimum atomic E-state index is -1.09. The van der Waals surface area contributed by atoms with Crippen LogP contribution in [0.25, 0.3) is 0 Å². The number of halogens is 1. The van der Waals surface area contributed by atoms with E-state index in [1.54, 1.807) is 18.2 Å². The number of nitriles is 1. The first-order valence-electron chi connectivity index (χ1n) is 6.14. The first-order chi connectivity index (χ1) is 9.92. The van der Waals surface area contributed by atoms with E-state index in [2.05, 4.69) is 6.07 Å². The third-order valence-electron chi connectivity index (χ3n) is 2.98. The summed E-state index contributed by atoms with van der Waals surface area (Å²) < 4.78 is 5.77. The van der Waals surface area contributed by atoms with Crippen LogP contribution in [0.4, 0.5) is 0 Å². The Morgan fingerprint density at radius 2 is 1.86 bits per heavy atom. The van der Waals surface area contributed by atoms with Gasteiger partial charge in [-0.3, -0.25) is 0 Å². The molecule has 0 fully saturated rings. The van der Waals surface area contributed by atoms with Crippen molar-refractivity contribution in [3.63, 3.8) is 0 Å². The zero-order valence-electron chi connectivity index (χ0n) is 11.5. The topological polar surface area (TPSA) is 70.3 Å². The molecule has 0 radical (unpaired) electrons. The van der Waals surface area contributed by atoms with E-state index >= 15 is 0 Å². The van der Waals surface area contributed by atoms with Crippen LogP contribution in [-0.4, -0.2) is 11.1 Å². The zero-order chi connectivity index (χ0) is 15.6. The van der Waals surface area contributed by atoms with Crippen molar-refractivity contribution in [3.05, 3.63) is 57.6 Å². The lowest BCUT2D eigenvalue weighted by Gasteiger charge is -2.13. The molecule has 0 aliphatic carbocycles. The van der Waals surface area contributed by atoms with Gasteiger partial charge in [-0.1, -0.05) is 11.6 Å². The smallest absolute Gasteiger partial charge is 0.337 e. The number of hydrogen-bond acceptors (Lipinski definition) is 3. The van der Waals surface area contributed by atoms with Crippen molar-refractivity contribution in [1.82, 2.24) is 0 Å². The molecule has 0 bridgehead atoms. The van der Waals surface area contributed by atoms with E-state index in [1.165, 1.54) is 12.1 Å². The van der Waals surface area contributed by atoms with Crippen molar-refractivity contribution in [1.29, 1.82) is 5.26 Å². The highest BCUT2D eigenvalue weighted by molar-refractivity contribution is 6.33. The van der Waals surface area contributed by atoms with Gasteiger partial charge in [-0.25, -0.2) is 4.79 Å². The molecule has 4 nitrogen and oxygen atoms in total. The molecule has 21 heavy (non-hydrogen) atoms. The van der Waals surface area contributed by atoms with Gasteiger partial charge in [0.1, 0.15) is 11.5 Å². The lowest BCUT2D eigenvalue weighted by atomic mass is 10.1. The molecular formula is C16H12ClNO3. The van der Waals surface area contributed by atoms with Gasteiger partial charge in [-0.2, -0.15) is 5.26 Å². The maximum Gasteiger partial charge on any atom is 0.337 e. The quantitative estimate of drug-likeness (QED) is 0.916. The van der Waals surface area contributed by atoms with E-state index in [0.29, 0.717) is 17.1 Å². The predicted molar refractivity (Wildman–Crippen MR) is 79.1 cm³/mol. The fraction of sp³-hybridized carbons (Fsp3) is 0.125. The van der Waals surface area contributed by atoms with Gasteiger partial charge >= 0.3 is 5.97 Å². The van der Waals surface area contributed by atoms with Gasteiger partial charge in [-0.15, -0.1) is 0 Å². The van der Waals surface area contributed by atoms with E-state index in [0.717, 1.165) is 11.1 Å². The Hall–Kier alpha value is -2.51. The molecule has 0 saturated heterocycles. The average molecular weight is 302 g/mol. The number of benzene rings is 2. The Labute approximate surface area is 127 Å². The van der Waals surface area contributed by atoms with Crippen LogP contribution in [0.5, 0.6) is 11.5 Å². The highest BCUT2D eigenvalue weighted by Crippen LogP contribution is 2.32. The van der Waals surface area contributed by atoms with Crippen molar-refractivity contribution < 1.29 is 14.6 Å². The maximum absolute atomic E-state index is 10.9. The number of aryl methyl sites for hydroxylation is 2. The fourth-order valence-electron chi connectivity index (χ4n) is 2.03. The number of nitrogens with zero attached hydrogens (tertiary/aromatic N) is 1. The highest BCUT2D eigenvalue weighted by atomic mass is 35.5. The first kappa shape index (κ1) is 14.9. The molecular weight excluding hydrogens is 290 g/mol. The van der Waals surface area contributed by atoms with Gasteiger partial charge in [-0.05, 0) is 49.2 Å². The second-order valence-corrected chi connectivity index (χ2v) is 5.01. The Balaban J connectivity index is 2.37. The van der Waals surface area contributed by atoms with Crippen molar-refractivity contribution in [2.24, 2.45) is 0 Å². The maximum atomic E-state index is 10.9. The minimum absolute atomic E-state index is 0.0253. The van der Waals surface area contributed by atoms with Crippen LogP contribution in [0.1, 0.15) is 27.0 Å². The molecule has 0 unspecified atom stereocenters. The molecule has 5 heteroatoms. The van der Waals surface area contributed by atoms with Crippen LogP contribution >= 0.6 is 11.6 Å². The Bertz CT molecular complexity index is 740. The van der Waals surface area contributed by atoms with Crippen LogP contribution < -0.4 is 4.74 Å².